The minimum absolute atomic E-state index is 0.123. The van der Waals surface area contributed by atoms with Crippen molar-refractivity contribution in [2.75, 3.05) is 19.0 Å². The molecule has 1 atom stereocenters. The average Bonchev–Trinajstić information content (AvgIpc) is 2.38. The summed E-state index contributed by atoms with van der Waals surface area (Å²) in [7, 11) is 1.80. The highest BCUT2D eigenvalue weighted by Crippen LogP contribution is 2.29. The summed E-state index contributed by atoms with van der Waals surface area (Å²) in [6, 6.07) is 7.89. The van der Waals surface area contributed by atoms with Gasteiger partial charge in [-0.2, -0.15) is 0 Å². The Balaban J connectivity index is 2.50. The summed E-state index contributed by atoms with van der Waals surface area (Å²) in [6.45, 7) is 2.11. The van der Waals surface area contributed by atoms with Crippen molar-refractivity contribution in [2.45, 2.75) is 17.2 Å². The Morgan fingerprint density at radius 3 is 2.82 bits per heavy atom. The molecule has 2 aromatic rings. The maximum Gasteiger partial charge on any atom is 0.224 e. The molecule has 2 rings (SSSR count). The second kappa shape index (κ2) is 5.33. The number of fused-ring (bicyclic) bond motifs is 1. The van der Waals surface area contributed by atoms with Gasteiger partial charge >= 0.3 is 0 Å². The van der Waals surface area contributed by atoms with Crippen LogP contribution in [-0.2, 0) is 0 Å². The predicted octanol–water partition coefficient (Wildman–Crippen LogP) is 2.14. The van der Waals surface area contributed by atoms with Gasteiger partial charge in [0.05, 0.1) is 12.1 Å². The molecule has 0 amide bonds. The number of benzene rings is 1. The van der Waals surface area contributed by atoms with Gasteiger partial charge in [-0.25, -0.2) is 9.97 Å². The van der Waals surface area contributed by atoms with Crippen molar-refractivity contribution in [3.63, 3.8) is 0 Å². The summed E-state index contributed by atoms with van der Waals surface area (Å²) >= 11 is 1.56. The van der Waals surface area contributed by atoms with Gasteiger partial charge in [0.15, 0.2) is 0 Å². The number of nitrogens with zero attached hydrogens (tertiary/aromatic N) is 2. The molecule has 0 radical (unpaired) electrons. The van der Waals surface area contributed by atoms with E-state index >= 15 is 0 Å². The van der Waals surface area contributed by atoms with Crippen LogP contribution in [0.2, 0.25) is 0 Å². The van der Waals surface area contributed by atoms with Crippen LogP contribution in [0.4, 0.5) is 5.95 Å². The summed E-state index contributed by atoms with van der Waals surface area (Å²) in [5.74, 6) is 0.608. The van der Waals surface area contributed by atoms with E-state index in [9.17, 15) is 0 Å². The lowest BCUT2D eigenvalue weighted by molar-refractivity contribution is 0.300. The zero-order valence-electron chi connectivity index (χ0n) is 9.84. The van der Waals surface area contributed by atoms with E-state index in [1.54, 1.807) is 18.8 Å². The fourth-order valence-electron chi connectivity index (χ4n) is 1.48. The monoisotopic (exact) mass is 249 g/mol. The minimum Gasteiger partial charge on any atom is -0.395 e. The van der Waals surface area contributed by atoms with Gasteiger partial charge in [0, 0.05) is 17.7 Å². The van der Waals surface area contributed by atoms with Gasteiger partial charge in [-0.1, -0.05) is 25.1 Å². The van der Waals surface area contributed by atoms with Crippen LogP contribution in [0.1, 0.15) is 6.92 Å². The lowest BCUT2D eigenvalue weighted by Crippen LogP contribution is -2.04. The van der Waals surface area contributed by atoms with E-state index in [2.05, 4.69) is 15.3 Å². The summed E-state index contributed by atoms with van der Waals surface area (Å²) in [4.78, 5) is 8.83. The van der Waals surface area contributed by atoms with Crippen molar-refractivity contribution in [1.29, 1.82) is 0 Å². The third-order valence-electron chi connectivity index (χ3n) is 2.36. The highest BCUT2D eigenvalue weighted by molar-refractivity contribution is 8.00. The Labute approximate surface area is 104 Å². The first-order valence-electron chi connectivity index (χ1n) is 5.46. The van der Waals surface area contributed by atoms with Crippen molar-refractivity contribution in [3.8, 4) is 0 Å². The molecule has 90 valence electrons. The van der Waals surface area contributed by atoms with Gasteiger partial charge in [0.2, 0.25) is 5.95 Å². The number of nitrogens with one attached hydrogen (secondary N) is 1. The molecule has 0 spiro atoms. The van der Waals surface area contributed by atoms with Crippen LogP contribution in [0.3, 0.4) is 0 Å². The van der Waals surface area contributed by atoms with Crippen molar-refractivity contribution in [2.24, 2.45) is 0 Å². The quantitative estimate of drug-likeness (QED) is 0.642. The highest BCUT2D eigenvalue weighted by atomic mass is 32.2. The van der Waals surface area contributed by atoms with Crippen LogP contribution in [0.25, 0.3) is 10.9 Å². The van der Waals surface area contributed by atoms with Crippen LogP contribution in [0.5, 0.6) is 0 Å². The molecule has 0 saturated carbocycles. The second-order valence-corrected chi connectivity index (χ2v) is 5.16. The number of hydrogen-bond donors (Lipinski definition) is 2. The van der Waals surface area contributed by atoms with E-state index < -0.39 is 0 Å². The molecule has 1 aromatic heterocycles. The van der Waals surface area contributed by atoms with Crippen molar-refractivity contribution >= 4 is 28.6 Å². The standard InChI is InChI=1S/C12H15N3OS/c1-8(7-16)17-11-9-5-3-4-6-10(9)14-12(13-2)15-11/h3-6,8,16H,7H2,1-2H3,(H,13,14,15). The smallest absolute Gasteiger partial charge is 0.224 e. The second-order valence-electron chi connectivity index (χ2n) is 3.73. The molecule has 1 unspecified atom stereocenters. The molecular formula is C12H15N3OS. The van der Waals surface area contributed by atoms with E-state index in [1.165, 1.54) is 0 Å². The number of rotatable bonds is 4. The molecule has 0 saturated heterocycles. The minimum atomic E-state index is 0.123. The Bertz CT molecular complexity index is 518. The lowest BCUT2D eigenvalue weighted by atomic mass is 10.2. The van der Waals surface area contributed by atoms with Gasteiger partial charge in [-0.15, -0.1) is 11.8 Å². The first kappa shape index (κ1) is 12.1. The van der Waals surface area contributed by atoms with E-state index in [1.807, 2.05) is 31.2 Å². The van der Waals surface area contributed by atoms with E-state index in [-0.39, 0.29) is 11.9 Å². The molecule has 0 aliphatic rings. The third kappa shape index (κ3) is 2.68. The topological polar surface area (TPSA) is 58.0 Å². The fraction of sp³-hybridized carbons (Fsp3) is 0.333. The number of anilines is 1. The molecule has 0 aliphatic heterocycles. The molecule has 0 aliphatic carbocycles. The fourth-order valence-corrected chi connectivity index (χ4v) is 2.37. The number of para-hydroxylation sites is 1. The van der Waals surface area contributed by atoms with Gasteiger partial charge in [0.1, 0.15) is 5.03 Å². The van der Waals surface area contributed by atoms with Crippen LogP contribution < -0.4 is 5.32 Å². The lowest BCUT2D eigenvalue weighted by Gasteiger charge is -2.10. The Morgan fingerprint density at radius 1 is 1.35 bits per heavy atom. The summed E-state index contributed by atoms with van der Waals surface area (Å²) in [6.07, 6.45) is 0. The molecule has 0 fully saturated rings. The molecule has 5 heteroatoms. The van der Waals surface area contributed by atoms with Crippen molar-refractivity contribution in [1.82, 2.24) is 9.97 Å². The highest BCUT2D eigenvalue weighted by Gasteiger charge is 2.10. The van der Waals surface area contributed by atoms with Gasteiger partial charge in [-0.05, 0) is 6.07 Å². The predicted molar refractivity (Wildman–Crippen MR) is 71.5 cm³/mol. The molecule has 2 N–H and O–H groups in total. The number of aliphatic hydroxyl groups is 1. The molecular weight excluding hydrogens is 234 g/mol. The maximum atomic E-state index is 9.11. The normalized spacial score (nSPS) is 12.6. The Hall–Kier alpha value is -1.33. The molecule has 1 heterocycles. The third-order valence-corrected chi connectivity index (χ3v) is 3.45. The van der Waals surface area contributed by atoms with Crippen molar-refractivity contribution in [3.05, 3.63) is 24.3 Å². The van der Waals surface area contributed by atoms with Crippen molar-refractivity contribution < 1.29 is 5.11 Å². The summed E-state index contributed by atoms with van der Waals surface area (Å²) < 4.78 is 0. The van der Waals surface area contributed by atoms with Gasteiger partial charge < -0.3 is 10.4 Å². The van der Waals surface area contributed by atoms with Crippen LogP contribution >= 0.6 is 11.8 Å². The molecule has 4 nitrogen and oxygen atoms in total. The first-order chi connectivity index (χ1) is 8.24. The molecule has 17 heavy (non-hydrogen) atoms. The average molecular weight is 249 g/mol. The molecule has 0 bridgehead atoms. The largest absolute Gasteiger partial charge is 0.395 e. The van der Waals surface area contributed by atoms with E-state index in [0.717, 1.165) is 15.9 Å². The summed E-state index contributed by atoms with van der Waals surface area (Å²) in [5, 5.41) is 14.1. The van der Waals surface area contributed by atoms with Crippen LogP contribution in [0.15, 0.2) is 29.3 Å². The van der Waals surface area contributed by atoms with Crippen LogP contribution in [-0.4, -0.2) is 34.0 Å². The number of aromatic nitrogens is 2. The Morgan fingerprint density at radius 2 is 2.12 bits per heavy atom. The summed E-state index contributed by atoms with van der Waals surface area (Å²) in [5.41, 5.74) is 0.916. The number of aliphatic hydroxyl groups excluding tert-OH is 1. The van der Waals surface area contributed by atoms with Gasteiger partial charge in [0.25, 0.3) is 0 Å². The zero-order chi connectivity index (χ0) is 12.3. The Kier molecular flexibility index (Phi) is 3.81. The van der Waals surface area contributed by atoms with E-state index in [0.29, 0.717) is 5.95 Å². The molecule has 1 aromatic carbocycles. The van der Waals surface area contributed by atoms with Gasteiger partial charge in [-0.3, -0.25) is 0 Å². The first-order valence-corrected chi connectivity index (χ1v) is 6.34. The van der Waals surface area contributed by atoms with E-state index in [4.69, 9.17) is 5.11 Å². The van der Waals surface area contributed by atoms with Crippen LogP contribution in [0, 0.1) is 0 Å². The zero-order valence-corrected chi connectivity index (χ0v) is 10.7. The maximum absolute atomic E-state index is 9.11. The number of thioether (sulfide) groups is 1. The number of hydrogen-bond acceptors (Lipinski definition) is 5. The SMILES string of the molecule is CNc1nc(SC(C)CO)c2ccccc2n1.